The summed E-state index contributed by atoms with van der Waals surface area (Å²) < 4.78 is 11.9. The summed E-state index contributed by atoms with van der Waals surface area (Å²) in [6.45, 7) is 3.50. The molecule has 1 atom stereocenters. The van der Waals surface area contributed by atoms with Gasteiger partial charge in [-0.25, -0.2) is 4.98 Å². The van der Waals surface area contributed by atoms with Gasteiger partial charge in [-0.1, -0.05) is 0 Å². The lowest BCUT2D eigenvalue weighted by Crippen LogP contribution is -2.41. The van der Waals surface area contributed by atoms with Crippen molar-refractivity contribution in [3.63, 3.8) is 0 Å². The molecule has 2 fully saturated rings. The van der Waals surface area contributed by atoms with Crippen LogP contribution in [0.5, 0.6) is 0 Å². The van der Waals surface area contributed by atoms with Gasteiger partial charge in [0.25, 0.3) is 0 Å². The fourth-order valence-electron chi connectivity index (χ4n) is 2.65. The van der Waals surface area contributed by atoms with E-state index < -0.39 is 0 Å². The van der Waals surface area contributed by atoms with Gasteiger partial charge in [-0.3, -0.25) is 0 Å². The van der Waals surface area contributed by atoms with Crippen LogP contribution in [0.2, 0.25) is 0 Å². The van der Waals surface area contributed by atoms with E-state index in [1.165, 1.54) is 0 Å². The number of nitrogens with zero attached hydrogens (tertiary/aromatic N) is 1. The molecule has 1 N–H and O–H groups in total. The largest absolute Gasteiger partial charge is 0.372 e. The summed E-state index contributed by atoms with van der Waals surface area (Å²) in [5.41, 5.74) is 0.0960. The first kappa shape index (κ1) is 11.6. The van der Waals surface area contributed by atoms with E-state index in [0.717, 1.165) is 44.0 Å². The first-order valence-electron chi connectivity index (χ1n) is 6.21. The van der Waals surface area contributed by atoms with Gasteiger partial charge in [0.05, 0.1) is 24.9 Å². The molecule has 1 unspecified atom stereocenters. The van der Waals surface area contributed by atoms with Crippen LogP contribution in [-0.2, 0) is 16.1 Å². The van der Waals surface area contributed by atoms with Gasteiger partial charge < -0.3 is 14.8 Å². The minimum Gasteiger partial charge on any atom is -0.372 e. The van der Waals surface area contributed by atoms with Gasteiger partial charge in [0, 0.05) is 18.0 Å². The van der Waals surface area contributed by atoms with Crippen molar-refractivity contribution in [1.29, 1.82) is 0 Å². The first-order valence-corrected chi connectivity index (χ1v) is 7.09. The van der Waals surface area contributed by atoms with Crippen LogP contribution in [0.3, 0.4) is 0 Å². The minimum absolute atomic E-state index is 0.0960. The van der Waals surface area contributed by atoms with Gasteiger partial charge in [0.15, 0.2) is 0 Å². The third kappa shape index (κ3) is 2.68. The highest BCUT2D eigenvalue weighted by molar-refractivity contribution is 7.09. The quantitative estimate of drug-likeness (QED) is 0.889. The molecule has 1 spiro atoms. The standard InChI is InChI=1S/C12H18N2O2S/c1-3-13-4-2-12(1)7-10(8-16-12)15-9-11-14-5-6-17-11/h5-6,10,13H,1-4,7-9H2. The normalized spacial score (nSPS) is 27.6. The highest BCUT2D eigenvalue weighted by Crippen LogP contribution is 2.35. The Morgan fingerprint density at radius 2 is 2.41 bits per heavy atom. The number of ether oxygens (including phenoxy) is 2. The van der Waals surface area contributed by atoms with E-state index in [1.807, 2.05) is 11.6 Å². The second-order valence-electron chi connectivity index (χ2n) is 4.81. The van der Waals surface area contributed by atoms with Crippen LogP contribution in [0, 0.1) is 0 Å². The molecule has 1 aromatic heterocycles. The van der Waals surface area contributed by atoms with Crippen molar-refractivity contribution < 1.29 is 9.47 Å². The van der Waals surface area contributed by atoms with Crippen molar-refractivity contribution in [1.82, 2.24) is 10.3 Å². The molecular formula is C12H18N2O2S. The number of piperidine rings is 1. The molecule has 0 radical (unpaired) electrons. The predicted octanol–water partition coefficient (Wildman–Crippen LogP) is 1.57. The number of thiazole rings is 1. The second kappa shape index (κ2) is 5.02. The number of rotatable bonds is 3. The lowest BCUT2D eigenvalue weighted by Gasteiger charge is -2.32. The summed E-state index contributed by atoms with van der Waals surface area (Å²) in [5, 5.41) is 6.41. The van der Waals surface area contributed by atoms with Crippen molar-refractivity contribution in [2.24, 2.45) is 0 Å². The first-order chi connectivity index (χ1) is 8.36. The van der Waals surface area contributed by atoms with Gasteiger partial charge in [-0.05, 0) is 25.9 Å². The average molecular weight is 254 g/mol. The van der Waals surface area contributed by atoms with Gasteiger partial charge >= 0.3 is 0 Å². The van der Waals surface area contributed by atoms with Crippen LogP contribution >= 0.6 is 11.3 Å². The molecule has 4 nitrogen and oxygen atoms in total. The molecule has 94 valence electrons. The lowest BCUT2D eigenvalue weighted by atomic mass is 9.89. The van der Waals surface area contributed by atoms with Crippen molar-refractivity contribution in [2.75, 3.05) is 19.7 Å². The van der Waals surface area contributed by atoms with Crippen LogP contribution in [0.1, 0.15) is 24.3 Å². The van der Waals surface area contributed by atoms with Gasteiger partial charge in [-0.15, -0.1) is 11.3 Å². The molecule has 0 aromatic carbocycles. The van der Waals surface area contributed by atoms with E-state index in [1.54, 1.807) is 11.3 Å². The molecule has 2 aliphatic rings. The predicted molar refractivity (Wildman–Crippen MR) is 66.1 cm³/mol. The third-order valence-electron chi connectivity index (χ3n) is 3.62. The molecule has 0 bridgehead atoms. The molecule has 3 rings (SSSR count). The second-order valence-corrected chi connectivity index (χ2v) is 5.79. The van der Waals surface area contributed by atoms with E-state index >= 15 is 0 Å². The average Bonchev–Trinajstić information content (AvgIpc) is 2.98. The summed E-state index contributed by atoms with van der Waals surface area (Å²) >= 11 is 1.65. The molecule has 2 aliphatic heterocycles. The molecule has 1 aromatic rings. The summed E-state index contributed by atoms with van der Waals surface area (Å²) in [7, 11) is 0. The Morgan fingerprint density at radius 1 is 1.53 bits per heavy atom. The highest BCUT2D eigenvalue weighted by Gasteiger charge is 2.41. The van der Waals surface area contributed by atoms with E-state index in [4.69, 9.17) is 9.47 Å². The molecular weight excluding hydrogens is 236 g/mol. The minimum atomic E-state index is 0.0960. The maximum absolute atomic E-state index is 5.98. The fraction of sp³-hybridized carbons (Fsp3) is 0.750. The van der Waals surface area contributed by atoms with Crippen LogP contribution in [0.4, 0.5) is 0 Å². The molecule has 2 saturated heterocycles. The SMILES string of the molecule is c1csc(COC2COC3(CCNCC3)C2)n1. The summed E-state index contributed by atoms with van der Waals surface area (Å²) in [6.07, 6.45) is 5.34. The van der Waals surface area contributed by atoms with Gasteiger partial charge in [-0.2, -0.15) is 0 Å². The summed E-state index contributed by atoms with van der Waals surface area (Å²) in [6, 6.07) is 0. The Kier molecular flexibility index (Phi) is 3.42. The Bertz CT molecular complexity index is 349. The van der Waals surface area contributed by atoms with Crippen molar-refractivity contribution >= 4 is 11.3 Å². The number of hydrogen-bond acceptors (Lipinski definition) is 5. The maximum atomic E-state index is 5.98. The van der Waals surface area contributed by atoms with E-state index in [-0.39, 0.29) is 11.7 Å². The summed E-state index contributed by atoms with van der Waals surface area (Å²) in [4.78, 5) is 4.22. The Morgan fingerprint density at radius 3 is 3.18 bits per heavy atom. The van der Waals surface area contributed by atoms with Crippen molar-refractivity contribution in [3.05, 3.63) is 16.6 Å². The Hall–Kier alpha value is -0.490. The van der Waals surface area contributed by atoms with Gasteiger partial charge in [0.2, 0.25) is 0 Å². The van der Waals surface area contributed by atoms with Gasteiger partial charge in [0.1, 0.15) is 5.01 Å². The molecule has 3 heterocycles. The zero-order valence-corrected chi connectivity index (χ0v) is 10.7. The molecule has 0 amide bonds. The zero-order valence-electron chi connectivity index (χ0n) is 9.85. The lowest BCUT2D eigenvalue weighted by molar-refractivity contribution is -0.0240. The topological polar surface area (TPSA) is 43.4 Å². The van der Waals surface area contributed by atoms with Crippen LogP contribution in [0.15, 0.2) is 11.6 Å². The highest BCUT2D eigenvalue weighted by atomic mass is 32.1. The molecule has 17 heavy (non-hydrogen) atoms. The van der Waals surface area contributed by atoms with Crippen LogP contribution in [0.25, 0.3) is 0 Å². The Labute approximate surface area is 105 Å². The fourth-order valence-corrected chi connectivity index (χ4v) is 3.19. The number of aromatic nitrogens is 1. The van der Waals surface area contributed by atoms with Crippen LogP contribution < -0.4 is 5.32 Å². The van der Waals surface area contributed by atoms with E-state index in [9.17, 15) is 0 Å². The number of hydrogen-bond donors (Lipinski definition) is 1. The van der Waals surface area contributed by atoms with E-state index in [0.29, 0.717) is 6.61 Å². The molecule has 5 heteroatoms. The van der Waals surface area contributed by atoms with Crippen molar-refractivity contribution in [2.45, 2.75) is 37.6 Å². The zero-order chi connectivity index (χ0) is 11.6. The van der Waals surface area contributed by atoms with E-state index in [2.05, 4.69) is 10.3 Å². The summed E-state index contributed by atoms with van der Waals surface area (Å²) in [5.74, 6) is 0. The Balaban J connectivity index is 1.50. The molecule has 0 saturated carbocycles. The molecule has 0 aliphatic carbocycles. The monoisotopic (exact) mass is 254 g/mol. The maximum Gasteiger partial charge on any atom is 0.118 e. The number of nitrogens with one attached hydrogen (secondary N) is 1. The third-order valence-corrected chi connectivity index (χ3v) is 4.37. The smallest absolute Gasteiger partial charge is 0.118 e. The van der Waals surface area contributed by atoms with Crippen LogP contribution in [-0.4, -0.2) is 36.4 Å². The van der Waals surface area contributed by atoms with Crippen molar-refractivity contribution in [3.8, 4) is 0 Å².